The first kappa shape index (κ1) is 71.9. The number of hydrogen-bond acceptors (Lipinski definition) is 16. The number of carbonyl (C=O) groups is 10. The van der Waals surface area contributed by atoms with Gasteiger partial charge in [0.05, 0.1) is 6.61 Å². The Bertz CT molecular complexity index is 3710. The van der Waals surface area contributed by atoms with Crippen molar-refractivity contribution in [3.8, 4) is 0 Å². The van der Waals surface area contributed by atoms with Crippen molar-refractivity contribution in [1.82, 2.24) is 9.80 Å². The lowest BCUT2D eigenvalue weighted by molar-refractivity contribution is -0.341. The molecule has 0 saturated carbocycles. The molecule has 92 heavy (non-hydrogen) atoms. The number of ether oxygens (including phenoxy) is 6. The number of ketones is 6. The molecule has 6 heterocycles. The minimum Gasteiger partial charge on any atom is -0.461 e. The number of esters is 2. The Morgan fingerprint density at radius 3 is 1.76 bits per heavy atom. The first-order chi connectivity index (χ1) is 44.1. The third kappa shape index (κ3) is 23.3. The molecule has 0 fully saturated rings. The highest BCUT2D eigenvalue weighted by molar-refractivity contribution is 6.43. The topological polar surface area (TPSA) is 233 Å². The van der Waals surface area contributed by atoms with Crippen LogP contribution in [-0.2, 0) is 76.4 Å². The highest BCUT2D eigenvalue weighted by Gasteiger charge is 2.42. The molecule has 0 spiro atoms. The number of nitrogens with zero attached hydrogens (tertiary/aromatic N) is 2. The molecule has 18 heteroatoms. The number of carbonyl (C=O) groups excluding carboxylic acids is 10. The van der Waals surface area contributed by atoms with Gasteiger partial charge in [-0.25, -0.2) is 9.59 Å². The first-order valence-electron chi connectivity index (χ1n) is 29.2. The Hall–Kier alpha value is -10.8. The summed E-state index contributed by atoms with van der Waals surface area (Å²) < 4.78 is 33.0. The maximum atomic E-state index is 13.6. The van der Waals surface area contributed by atoms with Gasteiger partial charge in [0.15, 0.2) is 23.1 Å². The summed E-state index contributed by atoms with van der Waals surface area (Å²) in [7, 11) is 2.42. The lowest BCUT2D eigenvalue weighted by Gasteiger charge is -2.32. The number of amides is 2. The predicted molar refractivity (Wildman–Crippen MR) is 349 cm³/mol. The summed E-state index contributed by atoms with van der Waals surface area (Å²) in [6.45, 7) is 10.3. The Morgan fingerprint density at radius 1 is 0.500 bits per heavy atom. The molecule has 1 atom stereocenters. The molecule has 6 aliphatic heterocycles. The van der Waals surface area contributed by atoms with Crippen LogP contribution in [0.3, 0.4) is 0 Å². The Balaban J connectivity index is 0.000000342. The number of fused-ring (bicyclic) bond motifs is 6. The molecule has 476 valence electrons. The standard InChI is InChI=1S/C41H45NO9.C33H29NO7/c1-27-14-10-9-11-15-28(2)24-31(5)35(43)22-18-29(3)25-32(6)36(44)26-41(48-7,49-8)51-40(47)34-16-12-13-23-42(34)39(46)37(45)38-30(4)19-21-33(50-38)20-17-27;35-26-16-9-6-4-2-1-3-5-7-12-19-28-20-15-22-30(41-28)31(37)32(38)34-24-14-13-21-29(34)33(39)40-25-23-27(36)18-11-8-10-17-26/h9-22,24-25,32H,23,26H2,1-8H3;1-17,19-22H,18,23-25H2/b11-9?,14-10?,22-18-,27-17-,28-15-,29-25-,31-24-,33-20?;2-1?,5-3?,6-4-,11-8?,12-7-,16-9-,17-10?,28-19?. The fraction of sp³-hybridized carbons (Fsp3) is 0.216. The number of allylic oxidation sites excluding steroid dienone is 40. The summed E-state index contributed by atoms with van der Waals surface area (Å²) >= 11 is 0. The molecule has 6 aliphatic rings. The van der Waals surface area contributed by atoms with Crippen LogP contribution in [0.5, 0.6) is 0 Å². The van der Waals surface area contributed by atoms with E-state index in [0.29, 0.717) is 28.2 Å². The number of cyclic esters (lactones) is 2. The maximum absolute atomic E-state index is 13.6. The van der Waals surface area contributed by atoms with Gasteiger partial charge in [-0.2, -0.15) is 0 Å². The maximum Gasteiger partial charge on any atom is 0.359 e. The molecule has 0 aliphatic carbocycles. The summed E-state index contributed by atoms with van der Waals surface area (Å²) in [4.78, 5) is 131. The van der Waals surface area contributed by atoms with Crippen LogP contribution in [-0.4, -0.2) is 108 Å². The highest BCUT2D eigenvalue weighted by atomic mass is 16.9. The lowest BCUT2D eigenvalue weighted by atomic mass is 9.99. The van der Waals surface area contributed by atoms with Crippen LogP contribution in [0.15, 0.2) is 287 Å². The molecule has 0 N–H and O–H groups in total. The van der Waals surface area contributed by atoms with Crippen LogP contribution in [0.2, 0.25) is 0 Å². The van der Waals surface area contributed by atoms with Gasteiger partial charge in [0, 0.05) is 46.1 Å². The third-order valence-electron chi connectivity index (χ3n) is 13.4. The van der Waals surface area contributed by atoms with E-state index in [1.165, 1.54) is 62.8 Å². The second kappa shape index (κ2) is 37.2. The van der Waals surface area contributed by atoms with Gasteiger partial charge in [-0.15, -0.1) is 0 Å². The van der Waals surface area contributed by atoms with E-state index in [4.69, 9.17) is 28.4 Å². The zero-order chi connectivity index (χ0) is 67.0. The van der Waals surface area contributed by atoms with Crippen molar-refractivity contribution in [2.24, 2.45) is 5.92 Å². The van der Waals surface area contributed by atoms with Gasteiger partial charge in [0.2, 0.25) is 0 Å². The van der Waals surface area contributed by atoms with Gasteiger partial charge < -0.3 is 28.4 Å². The molecule has 2 amide bonds. The Morgan fingerprint density at radius 2 is 1.09 bits per heavy atom. The van der Waals surface area contributed by atoms with Crippen LogP contribution >= 0.6 is 0 Å². The minimum atomic E-state index is -2.14. The summed E-state index contributed by atoms with van der Waals surface area (Å²) in [5.74, 6) is -9.23. The normalized spacial score (nSPS) is 24.3. The molecule has 18 nitrogen and oxygen atoms in total. The molecule has 0 aromatic rings. The highest BCUT2D eigenvalue weighted by Crippen LogP contribution is 2.28. The van der Waals surface area contributed by atoms with Crippen LogP contribution in [0.1, 0.15) is 60.8 Å². The number of rotatable bonds is 2. The molecule has 1 unspecified atom stereocenters. The zero-order valence-corrected chi connectivity index (χ0v) is 52.6. The summed E-state index contributed by atoms with van der Waals surface area (Å²) in [6.07, 6.45) is 60.8. The Labute approximate surface area is 536 Å². The fourth-order valence-electron chi connectivity index (χ4n) is 8.36. The lowest BCUT2D eigenvalue weighted by Crippen LogP contribution is -2.46. The van der Waals surface area contributed by atoms with Crippen LogP contribution in [0.4, 0.5) is 0 Å². The van der Waals surface area contributed by atoms with Crippen molar-refractivity contribution >= 4 is 58.5 Å². The van der Waals surface area contributed by atoms with Crippen LogP contribution in [0.25, 0.3) is 0 Å². The smallest absolute Gasteiger partial charge is 0.359 e. The minimum absolute atomic E-state index is 0.00777. The molecule has 4 bridgehead atoms. The predicted octanol–water partition coefficient (Wildman–Crippen LogP) is 11.3. The third-order valence-corrected chi connectivity index (χ3v) is 13.4. The fourth-order valence-corrected chi connectivity index (χ4v) is 8.36. The van der Waals surface area contributed by atoms with Gasteiger partial charge in [0.1, 0.15) is 40.9 Å². The number of methoxy groups -OCH3 is 2. The van der Waals surface area contributed by atoms with E-state index in [0.717, 1.165) is 20.9 Å². The van der Waals surface area contributed by atoms with E-state index in [1.54, 1.807) is 167 Å². The molecular formula is C74H74N2O16. The summed E-state index contributed by atoms with van der Waals surface area (Å²) in [6, 6.07) is 0. The average Bonchev–Trinajstić information content (AvgIpc) is 0.862. The molecular weight excluding hydrogens is 1170 g/mol. The average molecular weight is 1250 g/mol. The van der Waals surface area contributed by atoms with Crippen molar-refractivity contribution in [1.29, 1.82) is 0 Å². The monoisotopic (exact) mass is 1250 g/mol. The van der Waals surface area contributed by atoms with E-state index in [2.05, 4.69) is 0 Å². The van der Waals surface area contributed by atoms with Gasteiger partial charge in [-0.3, -0.25) is 48.2 Å². The summed E-state index contributed by atoms with van der Waals surface area (Å²) in [5, 5.41) is 0. The van der Waals surface area contributed by atoms with E-state index < -0.39 is 59.4 Å². The van der Waals surface area contributed by atoms with Crippen molar-refractivity contribution < 1.29 is 76.4 Å². The van der Waals surface area contributed by atoms with E-state index in [-0.39, 0.29) is 72.8 Å². The van der Waals surface area contributed by atoms with E-state index in [1.807, 2.05) is 50.3 Å². The van der Waals surface area contributed by atoms with Crippen LogP contribution < -0.4 is 0 Å². The van der Waals surface area contributed by atoms with Crippen molar-refractivity contribution in [3.05, 3.63) is 287 Å². The molecule has 0 radical (unpaired) electrons. The van der Waals surface area contributed by atoms with E-state index >= 15 is 0 Å². The second-order valence-corrected chi connectivity index (χ2v) is 20.7. The number of hydrogen-bond donors (Lipinski definition) is 0. The molecule has 0 aromatic carbocycles. The van der Waals surface area contributed by atoms with Gasteiger partial charge in [-0.1, -0.05) is 188 Å². The zero-order valence-electron chi connectivity index (χ0n) is 52.6. The first-order valence-corrected chi connectivity index (χ1v) is 29.2. The van der Waals surface area contributed by atoms with Crippen molar-refractivity contribution in [2.45, 2.75) is 66.8 Å². The molecule has 6 rings (SSSR count). The molecule has 0 aromatic heterocycles. The second-order valence-electron chi connectivity index (χ2n) is 20.7. The van der Waals surface area contributed by atoms with Gasteiger partial charge in [-0.05, 0) is 107 Å². The van der Waals surface area contributed by atoms with E-state index in [9.17, 15) is 47.9 Å². The SMILES string of the molecule is COC1(OC)CC(=O)C(C)/C=C(C)\C=C/C(=O)/C(C)=C\C(C)=C/C=CC=C/C(C)=C\C=C2C=CC(C)=C(O2)C(=O)C(=O)N2CC=CC=C2C(=O)O1.O=C1C=CC=CCC(=O)CCOC(=O)C2=CC=CCN2C(=O)C(=O)C2=CC=CC(=C/C=C\C=CC=C/C=C\C=C/1)O2. The Kier molecular flexibility index (Phi) is 29.1. The largest absolute Gasteiger partial charge is 0.461 e. The van der Waals surface area contributed by atoms with Gasteiger partial charge in [0.25, 0.3) is 11.6 Å². The summed E-state index contributed by atoms with van der Waals surface area (Å²) in [5.41, 5.74) is 3.01. The van der Waals surface area contributed by atoms with Crippen molar-refractivity contribution in [3.63, 3.8) is 0 Å². The van der Waals surface area contributed by atoms with Crippen molar-refractivity contribution in [2.75, 3.05) is 33.9 Å². The van der Waals surface area contributed by atoms with Gasteiger partial charge >= 0.3 is 29.7 Å². The molecule has 0 saturated heterocycles. The number of Topliss-reactive ketones (excluding diaryl/α,β-unsaturated/α-hetero) is 4. The van der Waals surface area contributed by atoms with Crippen LogP contribution in [0, 0.1) is 5.92 Å². The quantitative estimate of drug-likeness (QED) is 0.142.